The van der Waals surface area contributed by atoms with E-state index in [9.17, 15) is 0 Å². The summed E-state index contributed by atoms with van der Waals surface area (Å²) in [6.07, 6.45) is 5.04. The molecule has 1 atom stereocenters. The third-order valence-corrected chi connectivity index (χ3v) is 8.28. The molecule has 0 amide bonds. The zero-order valence-corrected chi connectivity index (χ0v) is 21.7. The molecular weight excluding hydrogens is 432 g/mol. The van der Waals surface area contributed by atoms with Crippen molar-refractivity contribution in [1.82, 2.24) is 0 Å². The molecule has 4 aromatic carbocycles. The second kappa shape index (κ2) is 8.49. The molecule has 6 rings (SSSR count). The first-order valence-corrected chi connectivity index (χ1v) is 13.2. The summed E-state index contributed by atoms with van der Waals surface area (Å²) in [5, 5.41) is 0. The quantitative estimate of drug-likeness (QED) is 0.281. The van der Waals surface area contributed by atoms with Gasteiger partial charge in [0.1, 0.15) is 0 Å². The van der Waals surface area contributed by atoms with Gasteiger partial charge in [-0.15, -0.1) is 0 Å². The third-order valence-electron chi connectivity index (χ3n) is 8.28. The molecule has 0 heteroatoms. The van der Waals surface area contributed by atoms with Crippen LogP contribution in [0.15, 0.2) is 132 Å². The van der Waals surface area contributed by atoms with Crippen molar-refractivity contribution in [1.29, 1.82) is 0 Å². The first kappa shape index (κ1) is 22.8. The summed E-state index contributed by atoms with van der Waals surface area (Å²) in [6.45, 7) is 9.38. The molecule has 0 nitrogen and oxygen atoms in total. The van der Waals surface area contributed by atoms with Crippen LogP contribution in [0.25, 0.3) is 11.1 Å². The lowest BCUT2D eigenvalue weighted by molar-refractivity contribution is 0.499. The summed E-state index contributed by atoms with van der Waals surface area (Å²) in [4.78, 5) is 0. The summed E-state index contributed by atoms with van der Waals surface area (Å²) in [6, 6.07) is 40.6. The van der Waals surface area contributed by atoms with Crippen LogP contribution < -0.4 is 0 Å². The molecule has 2 aliphatic rings. The van der Waals surface area contributed by atoms with E-state index in [0.29, 0.717) is 5.92 Å². The van der Waals surface area contributed by atoms with Crippen molar-refractivity contribution in [3.63, 3.8) is 0 Å². The topological polar surface area (TPSA) is 0 Å². The van der Waals surface area contributed by atoms with E-state index in [1.54, 1.807) is 0 Å². The van der Waals surface area contributed by atoms with Crippen LogP contribution >= 0.6 is 0 Å². The van der Waals surface area contributed by atoms with Crippen LogP contribution in [0.2, 0.25) is 0 Å². The lowest BCUT2D eigenvalue weighted by Gasteiger charge is -2.44. The molecule has 0 radical (unpaired) electrons. The van der Waals surface area contributed by atoms with Gasteiger partial charge in [0, 0.05) is 5.92 Å². The molecule has 0 saturated carbocycles. The number of allylic oxidation sites excluding steroid dienone is 4. The summed E-state index contributed by atoms with van der Waals surface area (Å²) in [7, 11) is 0. The smallest absolute Gasteiger partial charge is 0.0529 e. The van der Waals surface area contributed by atoms with Crippen LogP contribution in [0.5, 0.6) is 0 Å². The van der Waals surface area contributed by atoms with E-state index in [0.717, 1.165) is 0 Å². The Labute approximate surface area is 216 Å². The van der Waals surface area contributed by atoms with Crippen molar-refractivity contribution in [2.24, 2.45) is 11.3 Å². The average molecular weight is 467 g/mol. The van der Waals surface area contributed by atoms with Gasteiger partial charge in [0.2, 0.25) is 0 Å². The second-order valence-corrected chi connectivity index (χ2v) is 11.4. The highest BCUT2D eigenvalue weighted by Crippen LogP contribution is 2.61. The SMILES string of the molecule is CC1C=C(C(C)(C)C)C=C1C(c1ccccc1)(c1ccccc1)C1c2ccccc2-c2ccccc21. The zero-order valence-electron chi connectivity index (χ0n) is 21.7. The van der Waals surface area contributed by atoms with Gasteiger partial charge in [0.25, 0.3) is 0 Å². The molecule has 1 unspecified atom stereocenters. The number of hydrogen-bond acceptors (Lipinski definition) is 0. The summed E-state index contributed by atoms with van der Waals surface area (Å²) < 4.78 is 0. The van der Waals surface area contributed by atoms with E-state index in [-0.39, 0.29) is 16.7 Å². The second-order valence-electron chi connectivity index (χ2n) is 11.4. The highest BCUT2D eigenvalue weighted by molar-refractivity contribution is 5.81. The Bertz CT molecular complexity index is 1380. The maximum atomic E-state index is 2.54. The minimum atomic E-state index is -0.339. The standard InChI is InChI=1S/C36H34/c1-25-23-28(35(2,3)4)24-33(25)36(26-15-7-5-8-16-26,27-17-9-6-10-18-27)34-31-21-13-11-19-29(31)30-20-12-14-22-32(30)34/h5-25,34H,1-4H3. The van der Waals surface area contributed by atoms with Crippen LogP contribution in [-0.4, -0.2) is 0 Å². The van der Waals surface area contributed by atoms with E-state index in [2.05, 4.69) is 149 Å². The lowest BCUT2D eigenvalue weighted by atomic mass is 9.57. The van der Waals surface area contributed by atoms with Gasteiger partial charge >= 0.3 is 0 Å². The number of fused-ring (bicyclic) bond motifs is 3. The Balaban J connectivity index is 1.76. The van der Waals surface area contributed by atoms with Crippen molar-refractivity contribution < 1.29 is 0 Å². The Hall–Kier alpha value is -3.64. The first-order chi connectivity index (χ1) is 17.4. The van der Waals surface area contributed by atoms with Gasteiger partial charge in [-0.05, 0) is 55.9 Å². The maximum absolute atomic E-state index is 2.54. The van der Waals surface area contributed by atoms with Crippen molar-refractivity contribution in [2.45, 2.75) is 39.0 Å². The van der Waals surface area contributed by atoms with Crippen molar-refractivity contribution in [3.8, 4) is 11.1 Å². The number of hydrogen-bond donors (Lipinski definition) is 0. The maximum Gasteiger partial charge on any atom is 0.0529 e. The molecule has 0 fully saturated rings. The minimum Gasteiger partial charge on any atom is -0.0738 e. The monoisotopic (exact) mass is 466 g/mol. The van der Waals surface area contributed by atoms with Crippen LogP contribution in [0.1, 0.15) is 55.9 Å². The lowest BCUT2D eigenvalue weighted by Crippen LogP contribution is -2.38. The molecule has 0 bridgehead atoms. The molecule has 0 saturated heterocycles. The zero-order chi connectivity index (χ0) is 24.9. The molecule has 0 aliphatic heterocycles. The molecule has 0 heterocycles. The highest BCUT2D eigenvalue weighted by atomic mass is 14.5. The molecule has 0 spiro atoms. The Kier molecular flexibility index (Phi) is 5.38. The molecule has 0 aromatic heterocycles. The normalized spacial score (nSPS) is 17.4. The largest absolute Gasteiger partial charge is 0.0738 e. The van der Waals surface area contributed by atoms with Gasteiger partial charge in [-0.25, -0.2) is 0 Å². The highest BCUT2D eigenvalue weighted by Gasteiger charge is 2.51. The predicted octanol–water partition coefficient (Wildman–Crippen LogP) is 9.33. The van der Waals surface area contributed by atoms with E-state index in [1.807, 2.05) is 0 Å². The Morgan fingerprint density at radius 2 is 1.00 bits per heavy atom. The third kappa shape index (κ3) is 3.35. The van der Waals surface area contributed by atoms with E-state index in [1.165, 1.54) is 44.5 Å². The van der Waals surface area contributed by atoms with Crippen LogP contribution in [0, 0.1) is 11.3 Å². The first-order valence-electron chi connectivity index (χ1n) is 13.2. The van der Waals surface area contributed by atoms with Crippen LogP contribution in [0.4, 0.5) is 0 Å². The van der Waals surface area contributed by atoms with Crippen LogP contribution in [-0.2, 0) is 5.41 Å². The molecule has 4 aromatic rings. The molecule has 2 aliphatic carbocycles. The van der Waals surface area contributed by atoms with E-state index < -0.39 is 0 Å². The summed E-state index contributed by atoms with van der Waals surface area (Å²) in [5.74, 6) is 0.510. The van der Waals surface area contributed by atoms with Gasteiger partial charge in [0.05, 0.1) is 5.41 Å². The summed E-state index contributed by atoms with van der Waals surface area (Å²) in [5.41, 5.74) is 11.0. The van der Waals surface area contributed by atoms with Crippen molar-refractivity contribution >= 4 is 0 Å². The number of benzene rings is 4. The Morgan fingerprint density at radius 3 is 1.44 bits per heavy atom. The molecule has 0 N–H and O–H groups in total. The fourth-order valence-corrected chi connectivity index (χ4v) is 6.67. The van der Waals surface area contributed by atoms with Gasteiger partial charge in [-0.1, -0.05) is 149 Å². The fourth-order valence-electron chi connectivity index (χ4n) is 6.67. The van der Waals surface area contributed by atoms with E-state index in [4.69, 9.17) is 0 Å². The summed E-state index contributed by atoms with van der Waals surface area (Å²) >= 11 is 0. The average Bonchev–Trinajstić information content (AvgIpc) is 3.46. The molecule has 178 valence electrons. The fraction of sp³-hybridized carbons (Fsp3) is 0.222. The van der Waals surface area contributed by atoms with Gasteiger partial charge in [0.15, 0.2) is 0 Å². The van der Waals surface area contributed by atoms with Gasteiger partial charge in [-0.3, -0.25) is 0 Å². The minimum absolute atomic E-state index is 0.0978. The van der Waals surface area contributed by atoms with Crippen LogP contribution in [0.3, 0.4) is 0 Å². The number of rotatable bonds is 4. The van der Waals surface area contributed by atoms with Crippen molar-refractivity contribution in [2.75, 3.05) is 0 Å². The molecule has 36 heavy (non-hydrogen) atoms. The van der Waals surface area contributed by atoms with Gasteiger partial charge in [-0.2, -0.15) is 0 Å². The van der Waals surface area contributed by atoms with Gasteiger partial charge < -0.3 is 0 Å². The molecular formula is C36H34. The predicted molar refractivity (Wildman–Crippen MR) is 152 cm³/mol. The van der Waals surface area contributed by atoms with E-state index >= 15 is 0 Å². The van der Waals surface area contributed by atoms with Crippen molar-refractivity contribution in [3.05, 3.63) is 155 Å². The Morgan fingerprint density at radius 1 is 0.556 bits per heavy atom.